The molecule has 6 nitrogen and oxygen atoms in total. The number of aromatic nitrogens is 6. The van der Waals surface area contributed by atoms with Gasteiger partial charge >= 0.3 is 0 Å². The van der Waals surface area contributed by atoms with Crippen molar-refractivity contribution in [3.05, 3.63) is 97.3 Å². The minimum Gasteiger partial charge on any atom is -0.306 e. The van der Waals surface area contributed by atoms with E-state index in [4.69, 9.17) is 10.2 Å². The van der Waals surface area contributed by atoms with Gasteiger partial charge in [-0.3, -0.25) is 4.57 Å². The second-order valence-electron chi connectivity index (χ2n) is 7.68. The first-order valence-corrected chi connectivity index (χ1v) is 10.4. The average Bonchev–Trinajstić information content (AvgIpc) is 3.38. The molecule has 0 bridgehead atoms. The van der Waals surface area contributed by atoms with Crippen molar-refractivity contribution >= 4 is 43.9 Å². The number of benzene rings is 3. The van der Waals surface area contributed by atoms with Gasteiger partial charge in [0.1, 0.15) is 22.1 Å². The van der Waals surface area contributed by atoms with Gasteiger partial charge in [-0.15, -0.1) is 10.2 Å². The van der Waals surface area contributed by atoms with Crippen molar-refractivity contribution in [1.82, 2.24) is 29.3 Å². The molecule has 0 amide bonds. The Hall–Kier alpha value is -4.58. The van der Waals surface area contributed by atoms with E-state index < -0.39 is 0 Å². The monoisotopic (exact) mass is 412 g/mol. The first kappa shape index (κ1) is 17.1. The Kier molecular flexibility index (Phi) is 3.46. The first-order valence-electron chi connectivity index (χ1n) is 10.4. The Bertz CT molecular complexity index is 1630. The normalized spacial score (nSPS) is 11.8. The summed E-state index contributed by atoms with van der Waals surface area (Å²) >= 11 is 0. The van der Waals surface area contributed by atoms with Crippen LogP contribution in [0.5, 0.6) is 0 Å². The van der Waals surface area contributed by atoms with Gasteiger partial charge in [0.05, 0.1) is 11.0 Å². The van der Waals surface area contributed by atoms with Crippen LogP contribution in [0.25, 0.3) is 55.5 Å². The molecule has 32 heavy (non-hydrogen) atoms. The van der Waals surface area contributed by atoms with E-state index in [9.17, 15) is 0 Å². The fourth-order valence-electron chi connectivity index (χ4n) is 4.64. The smallest absolute Gasteiger partial charge is 0.234 e. The van der Waals surface area contributed by atoms with Crippen LogP contribution >= 0.6 is 0 Å². The van der Waals surface area contributed by atoms with Gasteiger partial charge in [-0.25, -0.2) is 9.97 Å². The summed E-state index contributed by atoms with van der Waals surface area (Å²) in [5.41, 5.74) is 6.78. The van der Waals surface area contributed by atoms with Crippen LogP contribution in [-0.2, 0) is 0 Å². The molecular weight excluding hydrogens is 396 g/mol. The van der Waals surface area contributed by atoms with Gasteiger partial charge in [0.15, 0.2) is 0 Å². The highest BCUT2D eigenvalue weighted by Gasteiger charge is 2.23. The molecular formula is C26H16N6. The average molecular weight is 412 g/mol. The Balaban J connectivity index is 1.81. The molecule has 3 aromatic carbocycles. The minimum atomic E-state index is 0.609. The molecule has 0 saturated carbocycles. The Morgan fingerprint density at radius 3 is 1.69 bits per heavy atom. The van der Waals surface area contributed by atoms with Crippen LogP contribution in [0.4, 0.5) is 0 Å². The third-order valence-corrected chi connectivity index (χ3v) is 5.94. The van der Waals surface area contributed by atoms with Crippen molar-refractivity contribution in [3.63, 3.8) is 0 Å². The van der Waals surface area contributed by atoms with E-state index in [-0.39, 0.29) is 0 Å². The fraction of sp³-hybridized carbons (Fsp3) is 0. The molecule has 0 N–H and O–H groups in total. The van der Waals surface area contributed by atoms with Crippen LogP contribution in [0.1, 0.15) is 0 Å². The molecule has 0 radical (unpaired) electrons. The highest BCUT2D eigenvalue weighted by Crippen LogP contribution is 2.38. The van der Waals surface area contributed by atoms with E-state index in [1.54, 1.807) is 12.4 Å². The largest absolute Gasteiger partial charge is 0.306 e. The zero-order valence-corrected chi connectivity index (χ0v) is 16.9. The molecule has 0 aliphatic rings. The molecule has 6 heteroatoms. The van der Waals surface area contributed by atoms with Crippen LogP contribution in [0.15, 0.2) is 97.3 Å². The molecule has 0 saturated heterocycles. The summed E-state index contributed by atoms with van der Waals surface area (Å²) < 4.78 is 4.36. The van der Waals surface area contributed by atoms with Crippen LogP contribution in [0.2, 0.25) is 0 Å². The molecule has 0 aliphatic heterocycles. The van der Waals surface area contributed by atoms with Crippen molar-refractivity contribution in [2.24, 2.45) is 0 Å². The maximum atomic E-state index is 4.72. The van der Waals surface area contributed by atoms with E-state index in [1.165, 1.54) is 0 Å². The van der Waals surface area contributed by atoms with Gasteiger partial charge in [0.25, 0.3) is 0 Å². The van der Waals surface area contributed by atoms with E-state index in [0.29, 0.717) is 5.95 Å². The zero-order valence-electron chi connectivity index (χ0n) is 16.9. The molecule has 7 aromatic rings. The first-order chi connectivity index (χ1) is 15.9. The second kappa shape index (κ2) is 6.46. The van der Waals surface area contributed by atoms with Crippen molar-refractivity contribution in [2.75, 3.05) is 0 Å². The van der Waals surface area contributed by atoms with Gasteiger partial charge in [0.2, 0.25) is 5.95 Å². The summed E-state index contributed by atoms with van der Waals surface area (Å²) in [7, 11) is 0. The molecule has 0 fully saturated rings. The van der Waals surface area contributed by atoms with Gasteiger partial charge in [-0.2, -0.15) is 0 Å². The van der Waals surface area contributed by atoms with Gasteiger partial charge < -0.3 is 4.57 Å². The minimum absolute atomic E-state index is 0.609. The lowest BCUT2D eigenvalue weighted by Gasteiger charge is -2.10. The number of fused-ring (bicyclic) bond motifs is 7. The third kappa shape index (κ3) is 2.23. The summed E-state index contributed by atoms with van der Waals surface area (Å²) in [6, 6.07) is 28.7. The zero-order chi connectivity index (χ0) is 21.1. The van der Waals surface area contributed by atoms with Crippen molar-refractivity contribution in [3.8, 4) is 11.6 Å². The summed E-state index contributed by atoms with van der Waals surface area (Å²) in [5, 5.41) is 11.5. The Morgan fingerprint density at radius 2 is 1.03 bits per heavy atom. The third-order valence-electron chi connectivity index (χ3n) is 5.94. The molecule has 7 rings (SSSR count). The number of nitrogens with zero attached hydrogens (tertiary/aromatic N) is 6. The molecule has 4 heterocycles. The van der Waals surface area contributed by atoms with Crippen molar-refractivity contribution in [2.45, 2.75) is 0 Å². The standard InChI is InChI=1S/C26H16N6/c1-2-9-17(10-3-1)31-20-13-6-4-11-18(20)22-24(31)25-23(30-29-22)19-12-5-7-14-21(19)32(25)26-27-15-8-16-28-26/h1-16H. The summed E-state index contributed by atoms with van der Waals surface area (Å²) in [6.07, 6.45) is 3.53. The topological polar surface area (TPSA) is 61.4 Å². The van der Waals surface area contributed by atoms with Crippen LogP contribution < -0.4 is 0 Å². The highest BCUT2D eigenvalue weighted by atomic mass is 15.2. The van der Waals surface area contributed by atoms with Gasteiger partial charge in [0, 0.05) is 28.9 Å². The Labute approximate surface area is 182 Å². The lowest BCUT2D eigenvalue weighted by molar-refractivity contribution is 0.984. The van der Waals surface area contributed by atoms with E-state index in [1.807, 2.05) is 30.3 Å². The molecule has 150 valence electrons. The van der Waals surface area contributed by atoms with E-state index >= 15 is 0 Å². The van der Waals surface area contributed by atoms with Crippen molar-refractivity contribution < 1.29 is 0 Å². The summed E-state index contributed by atoms with van der Waals surface area (Å²) in [5.74, 6) is 0.609. The van der Waals surface area contributed by atoms with Crippen LogP contribution in [0, 0.1) is 0 Å². The van der Waals surface area contributed by atoms with E-state index in [2.05, 4.69) is 73.7 Å². The summed E-state index contributed by atoms with van der Waals surface area (Å²) in [6.45, 7) is 0. The predicted octanol–water partition coefficient (Wildman–Crippen LogP) is 5.46. The predicted molar refractivity (Wildman–Crippen MR) is 126 cm³/mol. The lowest BCUT2D eigenvalue weighted by Crippen LogP contribution is -2.02. The maximum absolute atomic E-state index is 4.72. The molecule has 0 atom stereocenters. The molecule has 4 aromatic heterocycles. The fourth-order valence-corrected chi connectivity index (χ4v) is 4.64. The lowest BCUT2D eigenvalue weighted by atomic mass is 10.2. The number of rotatable bonds is 2. The SMILES string of the molecule is c1ccc(-n2c3ccccc3c3nnc4c5ccccc5n(-c5ncccn5)c4c32)cc1. The number of hydrogen-bond acceptors (Lipinski definition) is 4. The molecule has 0 spiro atoms. The number of para-hydroxylation sites is 3. The quantitative estimate of drug-likeness (QED) is 0.378. The van der Waals surface area contributed by atoms with Crippen LogP contribution in [-0.4, -0.2) is 29.3 Å². The van der Waals surface area contributed by atoms with Crippen molar-refractivity contribution in [1.29, 1.82) is 0 Å². The number of hydrogen-bond donors (Lipinski definition) is 0. The van der Waals surface area contributed by atoms with Crippen LogP contribution in [0.3, 0.4) is 0 Å². The van der Waals surface area contributed by atoms with Gasteiger partial charge in [-0.05, 0) is 30.3 Å². The second-order valence-corrected chi connectivity index (χ2v) is 7.68. The highest BCUT2D eigenvalue weighted by molar-refractivity contribution is 6.20. The van der Waals surface area contributed by atoms with E-state index in [0.717, 1.165) is 49.6 Å². The van der Waals surface area contributed by atoms with Gasteiger partial charge in [-0.1, -0.05) is 54.6 Å². The summed E-state index contributed by atoms with van der Waals surface area (Å²) in [4.78, 5) is 9.16. The molecule has 0 aliphatic carbocycles. The Morgan fingerprint density at radius 1 is 0.500 bits per heavy atom. The molecule has 0 unspecified atom stereocenters. The maximum Gasteiger partial charge on any atom is 0.234 e.